The Morgan fingerprint density at radius 3 is 2.43 bits per heavy atom. The summed E-state index contributed by atoms with van der Waals surface area (Å²) < 4.78 is 0. The Labute approximate surface area is 134 Å². The summed E-state index contributed by atoms with van der Waals surface area (Å²) in [5.74, 6) is 2.50. The number of hydrogen-bond donors (Lipinski definition) is 1. The maximum Gasteiger partial charge on any atom is 0.122 e. The first-order chi connectivity index (χ1) is 9.78. The molecule has 0 bridgehead atoms. The summed E-state index contributed by atoms with van der Waals surface area (Å²) in [6.07, 6.45) is 5.05. The Morgan fingerprint density at radius 1 is 1.14 bits per heavy atom. The van der Waals surface area contributed by atoms with Crippen molar-refractivity contribution >= 4 is 11.8 Å². The molecule has 1 aromatic rings. The minimum Gasteiger partial charge on any atom is -0.507 e. The summed E-state index contributed by atoms with van der Waals surface area (Å²) in [6, 6.07) is 0. The predicted octanol–water partition coefficient (Wildman–Crippen LogP) is 5.90. The lowest BCUT2D eigenvalue weighted by Crippen LogP contribution is -2.29. The Kier molecular flexibility index (Phi) is 4.97. The lowest BCUT2D eigenvalue weighted by atomic mass is 9.72. The number of fused-ring (bicyclic) bond motifs is 1. The molecule has 1 aliphatic heterocycles. The molecule has 0 spiro atoms. The summed E-state index contributed by atoms with van der Waals surface area (Å²) in [7, 11) is 0. The van der Waals surface area contributed by atoms with Crippen molar-refractivity contribution < 1.29 is 5.11 Å². The summed E-state index contributed by atoms with van der Waals surface area (Å²) >= 11 is 1.98. The number of rotatable bonds is 4. The van der Waals surface area contributed by atoms with Crippen LogP contribution in [0.2, 0.25) is 0 Å². The molecule has 1 unspecified atom stereocenters. The Morgan fingerprint density at radius 2 is 1.81 bits per heavy atom. The van der Waals surface area contributed by atoms with Crippen LogP contribution in [0.15, 0.2) is 4.90 Å². The molecule has 0 saturated carbocycles. The standard InChI is InChI=1S/C19H30OS/c1-12(2)8-7-9-19(6)10-11-21-18-14(4)13(3)17(20)15(5)16(18)19/h12,20H,7-11H2,1-6H3. The second-order valence-electron chi connectivity index (χ2n) is 7.37. The zero-order chi connectivity index (χ0) is 15.8. The van der Waals surface area contributed by atoms with Gasteiger partial charge in [0, 0.05) is 4.90 Å². The number of aromatic hydroxyl groups is 1. The van der Waals surface area contributed by atoms with Crippen LogP contribution >= 0.6 is 11.8 Å². The normalized spacial score (nSPS) is 21.7. The van der Waals surface area contributed by atoms with E-state index in [9.17, 15) is 5.11 Å². The van der Waals surface area contributed by atoms with Crippen LogP contribution in [0.25, 0.3) is 0 Å². The van der Waals surface area contributed by atoms with Crippen molar-refractivity contribution in [2.45, 2.75) is 77.5 Å². The van der Waals surface area contributed by atoms with E-state index < -0.39 is 0 Å². The van der Waals surface area contributed by atoms with E-state index in [2.05, 4.69) is 34.6 Å². The quantitative estimate of drug-likeness (QED) is 0.747. The van der Waals surface area contributed by atoms with Gasteiger partial charge in [-0.05, 0) is 73.0 Å². The van der Waals surface area contributed by atoms with Gasteiger partial charge in [0.15, 0.2) is 0 Å². The molecule has 0 aromatic heterocycles. The Balaban J connectivity index is 2.42. The topological polar surface area (TPSA) is 20.2 Å². The highest BCUT2D eigenvalue weighted by atomic mass is 32.2. The molecule has 1 atom stereocenters. The monoisotopic (exact) mass is 306 g/mol. The Hall–Kier alpha value is -0.630. The molecule has 1 N–H and O–H groups in total. The van der Waals surface area contributed by atoms with E-state index in [0.717, 1.165) is 17.0 Å². The molecule has 0 aliphatic carbocycles. The molecule has 0 radical (unpaired) electrons. The van der Waals surface area contributed by atoms with Crippen molar-refractivity contribution in [2.24, 2.45) is 5.92 Å². The van der Waals surface area contributed by atoms with E-state index in [4.69, 9.17) is 0 Å². The first-order valence-corrected chi connectivity index (χ1v) is 9.22. The van der Waals surface area contributed by atoms with E-state index in [1.807, 2.05) is 18.7 Å². The molecule has 1 aromatic carbocycles. The summed E-state index contributed by atoms with van der Waals surface area (Å²) in [6.45, 7) is 13.3. The molecule has 118 valence electrons. The zero-order valence-corrected chi connectivity index (χ0v) is 15.3. The van der Waals surface area contributed by atoms with Gasteiger partial charge in [0.05, 0.1) is 0 Å². The van der Waals surface area contributed by atoms with Gasteiger partial charge < -0.3 is 5.11 Å². The SMILES string of the molecule is Cc1c(C)c2c(c(C)c1O)C(C)(CCCC(C)C)CCS2. The summed E-state index contributed by atoms with van der Waals surface area (Å²) in [5.41, 5.74) is 5.13. The number of phenols is 1. The number of phenolic OH excluding ortho intramolecular Hbond substituents is 1. The van der Waals surface area contributed by atoms with Crippen molar-refractivity contribution in [1.82, 2.24) is 0 Å². The van der Waals surface area contributed by atoms with Crippen LogP contribution in [-0.4, -0.2) is 10.9 Å². The van der Waals surface area contributed by atoms with E-state index in [-0.39, 0.29) is 5.41 Å². The molecule has 0 fully saturated rings. The highest BCUT2D eigenvalue weighted by molar-refractivity contribution is 7.99. The van der Waals surface area contributed by atoms with Crippen molar-refractivity contribution in [1.29, 1.82) is 0 Å². The minimum absolute atomic E-state index is 0.232. The van der Waals surface area contributed by atoms with Gasteiger partial charge in [0.25, 0.3) is 0 Å². The van der Waals surface area contributed by atoms with Crippen molar-refractivity contribution in [2.75, 3.05) is 5.75 Å². The molecular weight excluding hydrogens is 276 g/mol. The third kappa shape index (κ3) is 3.11. The highest BCUT2D eigenvalue weighted by Crippen LogP contribution is 2.50. The molecule has 2 heteroatoms. The van der Waals surface area contributed by atoms with Gasteiger partial charge in [-0.2, -0.15) is 0 Å². The fraction of sp³-hybridized carbons (Fsp3) is 0.684. The zero-order valence-electron chi connectivity index (χ0n) is 14.5. The average Bonchev–Trinajstić information content (AvgIpc) is 2.42. The third-order valence-electron chi connectivity index (χ3n) is 5.23. The van der Waals surface area contributed by atoms with Crippen LogP contribution < -0.4 is 0 Å². The molecule has 21 heavy (non-hydrogen) atoms. The largest absolute Gasteiger partial charge is 0.507 e. The van der Waals surface area contributed by atoms with Crippen LogP contribution in [0.3, 0.4) is 0 Å². The molecule has 1 aliphatic rings. The molecule has 0 amide bonds. The van der Waals surface area contributed by atoms with Crippen LogP contribution in [-0.2, 0) is 5.41 Å². The van der Waals surface area contributed by atoms with Crippen LogP contribution in [0.5, 0.6) is 5.75 Å². The van der Waals surface area contributed by atoms with Gasteiger partial charge in [-0.1, -0.05) is 33.6 Å². The number of thioether (sulfide) groups is 1. The molecule has 2 rings (SSSR count). The van der Waals surface area contributed by atoms with E-state index in [0.29, 0.717) is 5.75 Å². The fourth-order valence-electron chi connectivity index (χ4n) is 3.67. The maximum absolute atomic E-state index is 10.5. The maximum atomic E-state index is 10.5. The first kappa shape index (κ1) is 16.7. The van der Waals surface area contributed by atoms with Crippen LogP contribution in [0.1, 0.15) is 68.7 Å². The van der Waals surface area contributed by atoms with Gasteiger partial charge in [-0.25, -0.2) is 0 Å². The summed E-state index contributed by atoms with van der Waals surface area (Å²) in [5, 5.41) is 10.5. The second kappa shape index (κ2) is 6.24. The lowest BCUT2D eigenvalue weighted by Gasteiger charge is -2.39. The van der Waals surface area contributed by atoms with Gasteiger partial charge in [0.2, 0.25) is 0 Å². The summed E-state index contributed by atoms with van der Waals surface area (Å²) in [4.78, 5) is 1.45. The predicted molar refractivity (Wildman–Crippen MR) is 93.7 cm³/mol. The molecule has 1 heterocycles. The van der Waals surface area contributed by atoms with Crippen molar-refractivity contribution in [3.05, 3.63) is 22.3 Å². The van der Waals surface area contributed by atoms with Crippen molar-refractivity contribution in [3.63, 3.8) is 0 Å². The van der Waals surface area contributed by atoms with E-state index in [1.54, 1.807) is 0 Å². The minimum atomic E-state index is 0.232. The highest BCUT2D eigenvalue weighted by Gasteiger charge is 2.36. The molecule has 0 saturated heterocycles. The first-order valence-electron chi connectivity index (χ1n) is 8.24. The van der Waals surface area contributed by atoms with Crippen LogP contribution in [0.4, 0.5) is 0 Å². The van der Waals surface area contributed by atoms with Crippen molar-refractivity contribution in [3.8, 4) is 5.75 Å². The van der Waals surface area contributed by atoms with Gasteiger partial charge >= 0.3 is 0 Å². The fourth-order valence-corrected chi connectivity index (χ4v) is 5.34. The smallest absolute Gasteiger partial charge is 0.122 e. The third-order valence-corrected chi connectivity index (χ3v) is 6.44. The molecule has 1 nitrogen and oxygen atoms in total. The molecular formula is C19H30OS. The average molecular weight is 307 g/mol. The van der Waals surface area contributed by atoms with E-state index in [1.165, 1.54) is 47.5 Å². The Bertz CT molecular complexity index is 533. The van der Waals surface area contributed by atoms with Gasteiger partial charge in [-0.15, -0.1) is 11.8 Å². The van der Waals surface area contributed by atoms with Gasteiger partial charge in [0.1, 0.15) is 5.75 Å². The number of hydrogen-bond acceptors (Lipinski definition) is 2. The number of benzene rings is 1. The van der Waals surface area contributed by atoms with Gasteiger partial charge in [-0.3, -0.25) is 0 Å². The van der Waals surface area contributed by atoms with Crippen LogP contribution in [0, 0.1) is 26.7 Å². The lowest BCUT2D eigenvalue weighted by molar-refractivity contribution is 0.369. The van der Waals surface area contributed by atoms with E-state index >= 15 is 0 Å². The second-order valence-corrected chi connectivity index (χ2v) is 8.48.